The van der Waals surface area contributed by atoms with Crippen LogP contribution in [0.1, 0.15) is 44.6 Å². The molecule has 37 heavy (non-hydrogen) atoms. The van der Waals surface area contributed by atoms with Gasteiger partial charge in [0, 0.05) is 12.6 Å². The predicted octanol–water partition coefficient (Wildman–Crippen LogP) is 5.93. The number of hydrogen-bond acceptors (Lipinski definition) is 4. The number of nitrogens with one attached hydrogen (secondary N) is 1. The van der Waals surface area contributed by atoms with Crippen molar-refractivity contribution < 1.29 is 18.0 Å². The Balaban J connectivity index is 1.95. The second kappa shape index (κ2) is 12.9. The minimum absolute atomic E-state index is 0.0330. The number of amides is 2. The Morgan fingerprint density at radius 1 is 0.973 bits per heavy atom. The van der Waals surface area contributed by atoms with Crippen LogP contribution in [0.15, 0.2) is 36.4 Å². The maximum Gasteiger partial charge on any atom is 0.244 e. The Labute approximate surface area is 238 Å². The van der Waals surface area contributed by atoms with E-state index in [0.29, 0.717) is 22.0 Å². The molecule has 0 saturated heterocycles. The summed E-state index contributed by atoms with van der Waals surface area (Å²) in [7, 11) is -3.89. The van der Waals surface area contributed by atoms with Gasteiger partial charge in [-0.25, -0.2) is 8.42 Å². The van der Waals surface area contributed by atoms with Crippen molar-refractivity contribution in [2.75, 3.05) is 17.1 Å². The second-order valence-corrected chi connectivity index (χ2v) is 12.6. The lowest BCUT2D eigenvalue weighted by Gasteiger charge is -2.33. The summed E-state index contributed by atoms with van der Waals surface area (Å²) >= 11 is 24.4. The van der Waals surface area contributed by atoms with Gasteiger partial charge in [0.25, 0.3) is 0 Å². The summed E-state index contributed by atoms with van der Waals surface area (Å²) in [6.45, 7) is 1.30. The number of carbonyl (C=O) groups is 2. The van der Waals surface area contributed by atoms with Gasteiger partial charge in [-0.2, -0.15) is 0 Å². The number of sulfonamides is 1. The van der Waals surface area contributed by atoms with Gasteiger partial charge in [0.05, 0.1) is 32.0 Å². The van der Waals surface area contributed by atoms with Crippen molar-refractivity contribution in [3.63, 3.8) is 0 Å². The Morgan fingerprint density at radius 2 is 1.57 bits per heavy atom. The summed E-state index contributed by atoms with van der Waals surface area (Å²) in [5, 5.41) is 4.12. The quantitative estimate of drug-likeness (QED) is 0.362. The van der Waals surface area contributed by atoms with E-state index >= 15 is 0 Å². The van der Waals surface area contributed by atoms with Crippen molar-refractivity contribution in [1.82, 2.24) is 10.2 Å². The van der Waals surface area contributed by atoms with Crippen molar-refractivity contribution in [2.24, 2.45) is 0 Å². The van der Waals surface area contributed by atoms with E-state index in [0.717, 1.165) is 36.2 Å². The van der Waals surface area contributed by atoms with Gasteiger partial charge in [-0.3, -0.25) is 13.9 Å². The average Bonchev–Trinajstić information content (AvgIpc) is 3.33. The first-order chi connectivity index (χ1) is 17.4. The first-order valence-electron chi connectivity index (χ1n) is 11.9. The number of hydrogen-bond donors (Lipinski definition) is 1. The van der Waals surface area contributed by atoms with Crippen molar-refractivity contribution in [1.29, 1.82) is 0 Å². The molecule has 202 valence electrons. The molecule has 0 bridgehead atoms. The maximum atomic E-state index is 13.7. The highest BCUT2D eigenvalue weighted by molar-refractivity contribution is 7.92. The van der Waals surface area contributed by atoms with Crippen LogP contribution in [0.3, 0.4) is 0 Å². The number of halogens is 4. The van der Waals surface area contributed by atoms with Gasteiger partial charge < -0.3 is 10.2 Å². The van der Waals surface area contributed by atoms with Gasteiger partial charge in [-0.05, 0) is 55.2 Å². The summed E-state index contributed by atoms with van der Waals surface area (Å²) < 4.78 is 26.3. The third-order valence-electron chi connectivity index (χ3n) is 6.29. The van der Waals surface area contributed by atoms with E-state index in [4.69, 9.17) is 46.4 Å². The third-order valence-corrected chi connectivity index (χ3v) is 8.91. The maximum absolute atomic E-state index is 13.7. The van der Waals surface area contributed by atoms with Gasteiger partial charge >= 0.3 is 0 Å². The fourth-order valence-corrected chi connectivity index (χ4v) is 5.83. The first kappa shape index (κ1) is 29.8. The van der Waals surface area contributed by atoms with E-state index in [1.165, 1.54) is 23.1 Å². The Kier molecular flexibility index (Phi) is 10.4. The van der Waals surface area contributed by atoms with Crippen LogP contribution < -0.4 is 9.62 Å². The molecule has 7 nitrogen and oxygen atoms in total. The molecule has 1 saturated carbocycles. The van der Waals surface area contributed by atoms with E-state index in [1.807, 2.05) is 0 Å². The molecule has 0 radical (unpaired) electrons. The molecule has 0 spiro atoms. The van der Waals surface area contributed by atoms with Crippen molar-refractivity contribution in [3.8, 4) is 0 Å². The van der Waals surface area contributed by atoms with Gasteiger partial charge in [-0.15, -0.1) is 0 Å². The molecule has 0 heterocycles. The summed E-state index contributed by atoms with van der Waals surface area (Å²) in [6, 6.07) is 8.49. The van der Waals surface area contributed by atoms with E-state index in [1.54, 1.807) is 25.1 Å². The van der Waals surface area contributed by atoms with Crippen LogP contribution in [-0.4, -0.2) is 50.0 Å². The molecule has 0 aliphatic heterocycles. The number of rotatable bonds is 10. The Morgan fingerprint density at radius 3 is 2.11 bits per heavy atom. The molecular formula is C25H29Cl4N3O4S. The van der Waals surface area contributed by atoms with Gasteiger partial charge in [0.15, 0.2) is 0 Å². The fourth-order valence-electron chi connectivity index (χ4n) is 4.38. The molecule has 2 aromatic carbocycles. The summed E-state index contributed by atoms with van der Waals surface area (Å²) in [6.07, 6.45) is 5.19. The zero-order valence-electron chi connectivity index (χ0n) is 20.5. The SMILES string of the molecule is CCC(C(=O)NC1CCCC1)N(Cc1ccc(Cl)c(Cl)c1)C(=O)CN(c1ccc(Cl)c(Cl)c1)S(C)(=O)=O. The van der Waals surface area contributed by atoms with Crippen LogP contribution in [0.25, 0.3) is 0 Å². The summed E-state index contributed by atoms with van der Waals surface area (Å²) in [5.74, 6) is -0.834. The highest BCUT2D eigenvalue weighted by Gasteiger charge is 2.33. The molecule has 1 fully saturated rings. The van der Waals surface area contributed by atoms with Crippen molar-refractivity contribution in [3.05, 3.63) is 62.1 Å². The molecule has 1 aliphatic rings. The topological polar surface area (TPSA) is 86.8 Å². The van der Waals surface area contributed by atoms with Crippen LogP contribution in [0, 0.1) is 0 Å². The summed E-state index contributed by atoms with van der Waals surface area (Å²) in [5.41, 5.74) is 0.832. The van der Waals surface area contributed by atoms with Crippen LogP contribution in [-0.2, 0) is 26.2 Å². The minimum atomic E-state index is -3.89. The largest absolute Gasteiger partial charge is 0.352 e. The van der Waals surface area contributed by atoms with Crippen LogP contribution in [0.5, 0.6) is 0 Å². The highest BCUT2D eigenvalue weighted by Crippen LogP contribution is 2.29. The van der Waals surface area contributed by atoms with Crippen molar-refractivity contribution in [2.45, 2.75) is 57.7 Å². The fraction of sp³-hybridized carbons (Fsp3) is 0.440. The Hall–Kier alpha value is -1.71. The molecule has 2 aromatic rings. The lowest BCUT2D eigenvalue weighted by atomic mass is 10.1. The number of carbonyl (C=O) groups excluding carboxylic acids is 2. The van der Waals surface area contributed by atoms with Crippen molar-refractivity contribution >= 4 is 73.9 Å². The molecular weight excluding hydrogens is 580 g/mol. The highest BCUT2D eigenvalue weighted by atomic mass is 35.5. The lowest BCUT2D eigenvalue weighted by Crippen LogP contribution is -2.53. The standard InChI is InChI=1S/C25H29Cl4N3O4S/c1-3-23(25(34)30-17-6-4-5-7-17)31(14-16-8-10-19(26)21(28)12-16)24(33)15-32(37(2,35)36)18-9-11-20(27)22(29)13-18/h8-13,17,23H,3-7,14-15H2,1-2H3,(H,30,34). The minimum Gasteiger partial charge on any atom is -0.352 e. The van der Waals surface area contributed by atoms with E-state index < -0.39 is 28.5 Å². The molecule has 0 aromatic heterocycles. The normalized spacial score (nSPS) is 14.9. The second-order valence-electron chi connectivity index (χ2n) is 9.05. The summed E-state index contributed by atoms with van der Waals surface area (Å²) in [4.78, 5) is 28.4. The number of anilines is 1. The van der Waals surface area contributed by atoms with Gasteiger partial charge in [0.1, 0.15) is 12.6 Å². The molecule has 1 unspecified atom stereocenters. The molecule has 2 amide bonds. The van der Waals surface area contributed by atoms with Gasteiger partial charge in [0.2, 0.25) is 21.8 Å². The molecule has 1 atom stereocenters. The predicted molar refractivity (Wildman–Crippen MR) is 150 cm³/mol. The van der Waals surface area contributed by atoms with E-state index in [2.05, 4.69) is 5.32 Å². The number of nitrogens with zero attached hydrogens (tertiary/aromatic N) is 2. The van der Waals surface area contributed by atoms with Crippen LogP contribution in [0.2, 0.25) is 20.1 Å². The molecule has 1 N–H and O–H groups in total. The van der Waals surface area contributed by atoms with E-state index in [-0.39, 0.29) is 34.2 Å². The van der Waals surface area contributed by atoms with E-state index in [9.17, 15) is 18.0 Å². The molecule has 1 aliphatic carbocycles. The van der Waals surface area contributed by atoms with Gasteiger partial charge in [-0.1, -0.05) is 72.2 Å². The van der Waals surface area contributed by atoms with Crippen LogP contribution >= 0.6 is 46.4 Å². The molecule has 3 rings (SSSR count). The monoisotopic (exact) mass is 607 g/mol. The zero-order valence-corrected chi connectivity index (χ0v) is 24.4. The number of benzene rings is 2. The average molecular weight is 609 g/mol. The zero-order chi connectivity index (χ0) is 27.3. The Bertz CT molecular complexity index is 1250. The van der Waals surface area contributed by atoms with Crippen LogP contribution in [0.4, 0.5) is 5.69 Å². The first-order valence-corrected chi connectivity index (χ1v) is 15.2. The smallest absolute Gasteiger partial charge is 0.244 e. The third kappa shape index (κ3) is 7.90. The lowest BCUT2D eigenvalue weighted by molar-refractivity contribution is -0.140. The molecule has 12 heteroatoms.